The molecule has 0 fully saturated rings. The van der Waals surface area contributed by atoms with Crippen molar-refractivity contribution in [3.8, 4) is 5.75 Å². The maximum absolute atomic E-state index is 12.3. The van der Waals surface area contributed by atoms with Crippen LogP contribution in [0.3, 0.4) is 0 Å². The fourth-order valence-corrected chi connectivity index (χ4v) is 2.75. The van der Waals surface area contributed by atoms with Crippen molar-refractivity contribution in [2.24, 2.45) is 0 Å². The van der Waals surface area contributed by atoms with Gasteiger partial charge in [0.05, 0.1) is 30.9 Å². The molecule has 124 valence electrons. The second-order valence-electron chi connectivity index (χ2n) is 5.99. The molecule has 0 spiro atoms. The zero-order valence-electron chi connectivity index (χ0n) is 14.1. The molecule has 3 rings (SSSR count). The average molecular weight is 323 g/mol. The molecular weight excluding hydrogens is 302 g/mol. The highest BCUT2D eigenvalue weighted by molar-refractivity contribution is 5.94. The minimum absolute atomic E-state index is 0.0813. The molecule has 1 aromatic heterocycles. The lowest BCUT2D eigenvalue weighted by Crippen LogP contribution is -2.14. The number of benzene rings is 2. The van der Waals surface area contributed by atoms with Gasteiger partial charge in [-0.05, 0) is 38.1 Å². The van der Waals surface area contributed by atoms with E-state index in [2.05, 4.69) is 28.7 Å². The summed E-state index contributed by atoms with van der Waals surface area (Å²) in [7, 11) is 1.61. The predicted octanol–water partition coefficient (Wildman–Crippen LogP) is 3.81. The van der Waals surface area contributed by atoms with Crippen molar-refractivity contribution in [3.63, 3.8) is 0 Å². The number of ether oxygens (including phenoxy) is 1. The van der Waals surface area contributed by atoms with Gasteiger partial charge in [0.2, 0.25) is 5.91 Å². The van der Waals surface area contributed by atoms with Crippen LogP contribution in [0.2, 0.25) is 0 Å². The lowest BCUT2D eigenvalue weighted by atomic mass is 10.1. The Labute approximate surface area is 141 Å². The standard InChI is InChI=1S/C19H21N3O2/c1-13(2)22-12-20-16-11-15(8-9-17(16)22)21-19(23)10-14-6-4-5-7-18(14)24-3/h4-9,11-13H,10H2,1-3H3,(H,21,23). The summed E-state index contributed by atoms with van der Waals surface area (Å²) in [6.45, 7) is 4.23. The molecule has 1 N–H and O–H groups in total. The van der Waals surface area contributed by atoms with E-state index >= 15 is 0 Å². The van der Waals surface area contributed by atoms with Crippen LogP contribution in [0.25, 0.3) is 11.0 Å². The zero-order chi connectivity index (χ0) is 17.1. The summed E-state index contributed by atoms with van der Waals surface area (Å²) < 4.78 is 7.39. The van der Waals surface area contributed by atoms with Crippen molar-refractivity contribution in [2.75, 3.05) is 12.4 Å². The largest absolute Gasteiger partial charge is 0.496 e. The van der Waals surface area contributed by atoms with Crippen LogP contribution in [0.4, 0.5) is 5.69 Å². The average Bonchev–Trinajstić information content (AvgIpc) is 2.98. The quantitative estimate of drug-likeness (QED) is 0.777. The van der Waals surface area contributed by atoms with E-state index in [0.717, 1.165) is 28.0 Å². The Hall–Kier alpha value is -2.82. The van der Waals surface area contributed by atoms with Crippen LogP contribution in [-0.4, -0.2) is 22.6 Å². The third kappa shape index (κ3) is 3.25. The predicted molar refractivity (Wildman–Crippen MR) is 95.4 cm³/mol. The molecule has 1 heterocycles. The number of hydrogen-bond donors (Lipinski definition) is 1. The van der Waals surface area contributed by atoms with Crippen molar-refractivity contribution in [1.82, 2.24) is 9.55 Å². The molecule has 0 atom stereocenters. The number of rotatable bonds is 5. The summed E-state index contributed by atoms with van der Waals surface area (Å²) in [5.41, 5.74) is 3.55. The maximum atomic E-state index is 12.3. The summed E-state index contributed by atoms with van der Waals surface area (Å²) >= 11 is 0. The fourth-order valence-electron chi connectivity index (χ4n) is 2.75. The molecule has 1 amide bonds. The first-order valence-electron chi connectivity index (χ1n) is 7.97. The number of carbonyl (C=O) groups excluding carboxylic acids is 1. The van der Waals surface area contributed by atoms with E-state index in [1.807, 2.05) is 48.8 Å². The molecule has 2 aromatic carbocycles. The van der Waals surface area contributed by atoms with Gasteiger partial charge < -0.3 is 14.6 Å². The van der Waals surface area contributed by atoms with Gasteiger partial charge in [-0.3, -0.25) is 4.79 Å². The van der Waals surface area contributed by atoms with Gasteiger partial charge in [0, 0.05) is 17.3 Å². The number of para-hydroxylation sites is 1. The van der Waals surface area contributed by atoms with Gasteiger partial charge in [-0.15, -0.1) is 0 Å². The fraction of sp³-hybridized carbons (Fsp3) is 0.263. The van der Waals surface area contributed by atoms with Gasteiger partial charge in [0.15, 0.2) is 0 Å². The van der Waals surface area contributed by atoms with Gasteiger partial charge in [-0.1, -0.05) is 18.2 Å². The van der Waals surface area contributed by atoms with E-state index in [4.69, 9.17) is 4.74 Å². The Morgan fingerprint density at radius 2 is 2.04 bits per heavy atom. The highest BCUT2D eigenvalue weighted by Gasteiger charge is 2.10. The second-order valence-corrected chi connectivity index (χ2v) is 5.99. The minimum atomic E-state index is -0.0813. The zero-order valence-corrected chi connectivity index (χ0v) is 14.1. The molecular formula is C19H21N3O2. The third-order valence-electron chi connectivity index (χ3n) is 3.96. The van der Waals surface area contributed by atoms with Crippen LogP contribution < -0.4 is 10.1 Å². The monoisotopic (exact) mass is 323 g/mol. The van der Waals surface area contributed by atoms with Crippen molar-refractivity contribution in [3.05, 3.63) is 54.4 Å². The molecule has 0 aliphatic carbocycles. The number of fused-ring (bicyclic) bond motifs is 1. The summed E-state index contributed by atoms with van der Waals surface area (Å²) in [6.07, 6.45) is 2.10. The number of hydrogen-bond acceptors (Lipinski definition) is 3. The number of methoxy groups -OCH3 is 1. The number of imidazole rings is 1. The van der Waals surface area contributed by atoms with Crippen molar-refractivity contribution >= 4 is 22.6 Å². The van der Waals surface area contributed by atoms with Crippen LogP contribution in [0, 0.1) is 0 Å². The summed E-state index contributed by atoms with van der Waals surface area (Å²) in [6, 6.07) is 13.7. The molecule has 0 saturated heterocycles. The number of nitrogens with one attached hydrogen (secondary N) is 1. The normalized spacial score (nSPS) is 11.0. The van der Waals surface area contributed by atoms with E-state index < -0.39 is 0 Å². The van der Waals surface area contributed by atoms with E-state index in [1.54, 1.807) is 7.11 Å². The van der Waals surface area contributed by atoms with Crippen LogP contribution >= 0.6 is 0 Å². The molecule has 5 nitrogen and oxygen atoms in total. The Morgan fingerprint density at radius 1 is 1.25 bits per heavy atom. The van der Waals surface area contributed by atoms with Gasteiger partial charge in [-0.25, -0.2) is 4.98 Å². The van der Waals surface area contributed by atoms with Crippen molar-refractivity contribution < 1.29 is 9.53 Å². The molecule has 0 unspecified atom stereocenters. The SMILES string of the molecule is COc1ccccc1CC(=O)Nc1ccc2c(c1)ncn2C(C)C. The molecule has 0 aliphatic rings. The molecule has 3 aromatic rings. The Kier molecular flexibility index (Phi) is 4.51. The number of amides is 1. The van der Waals surface area contributed by atoms with Crippen LogP contribution in [-0.2, 0) is 11.2 Å². The van der Waals surface area contributed by atoms with Crippen LogP contribution in [0.5, 0.6) is 5.75 Å². The molecule has 0 radical (unpaired) electrons. The summed E-state index contributed by atoms with van der Waals surface area (Å²) in [4.78, 5) is 16.7. The Balaban J connectivity index is 1.76. The van der Waals surface area contributed by atoms with Crippen LogP contribution in [0.15, 0.2) is 48.8 Å². The van der Waals surface area contributed by atoms with Crippen LogP contribution in [0.1, 0.15) is 25.5 Å². The number of nitrogens with zero attached hydrogens (tertiary/aromatic N) is 2. The molecule has 0 aliphatic heterocycles. The first kappa shape index (κ1) is 16.1. The number of aromatic nitrogens is 2. The van der Waals surface area contributed by atoms with Gasteiger partial charge in [0.1, 0.15) is 5.75 Å². The van der Waals surface area contributed by atoms with Gasteiger partial charge in [-0.2, -0.15) is 0 Å². The smallest absolute Gasteiger partial charge is 0.228 e. The van der Waals surface area contributed by atoms with E-state index in [9.17, 15) is 4.79 Å². The third-order valence-corrected chi connectivity index (χ3v) is 3.96. The van der Waals surface area contributed by atoms with Crippen molar-refractivity contribution in [1.29, 1.82) is 0 Å². The first-order chi connectivity index (χ1) is 11.6. The van der Waals surface area contributed by atoms with E-state index in [1.165, 1.54) is 0 Å². The highest BCUT2D eigenvalue weighted by Crippen LogP contribution is 2.22. The highest BCUT2D eigenvalue weighted by atomic mass is 16.5. The van der Waals surface area contributed by atoms with E-state index in [-0.39, 0.29) is 12.3 Å². The lowest BCUT2D eigenvalue weighted by molar-refractivity contribution is -0.115. The Morgan fingerprint density at radius 3 is 2.79 bits per heavy atom. The molecule has 24 heavy (non-hydrogen) atoms. The first-order valence-corrected chi connectivity index (χ1v) is 7.97. The molecule has 0 saturated carbocycles. The Bertz CT molecular complexity index is 868. The van der Waals surface area contributed by atoms with Crippen molar-refractivity contribution in [2.45, 2.75) is 26.3 Å². The maximum Gasteiger partial charge on any atom is 0.228 e. The van der Waals surface area contributed by atoms with Gasteiger partial charge in [0.25, 0.3) is 0 Å². The van der Waals surface area contributed by atoms with Gasteiger partial charge >= 0.3 is 0 Å². The lowest BCUT2D eigenvalue weighted by Gasteiger charge is -2.10. The van der Waals surface area contributed by atoms with E-state index in [0.29, 0.717) is 6.04 Å². The number of anilines is 1. The minimum Gasteiger partial charge on any atom is -0.496 e. The summed E-state index contributed by atoms with van der Waals surface area (Å²) in [5.74, 6) is 0.640. The topological polar surface area (TPSA) is 56.1 Å². The number of carbonyl (C=O) groups is 1. The second kappa shape index (κ2) is 6.74. The molecule has 0 bridgehead atoms. The molecule has 5 heteroatoms. The summed E-state index contributed by atoms with van der Waals surface area (Å²) in [5, 5.41) is 2.93.